The molecular weight excluding hydrogens is 242 g/mol. The summed E-state index contributed by atoms with van der Waals surface area (Å²) in [5, 5.41) is 0. The topological polar surface area (TPSA) is 70.1 Å². The molecule has 0 unspecified atom stereocenters. The molecule has 5 heteroatoms. The van der Waals surface area contributed by atoms with Gasteiger partial charge in [-0.3, -0.25) is 0 Å². The van der Waals surface area contributed by atoms with Crippen LogP contribution in [-0.2, 0) is 11.2 Å². The van der Waals surface area contributed by atoms with Crippen molar-refractivity contribution in [1.82, 2.24) is 9.55 Å². The third kappa shape index (κ3) is 5.32. The van der Waals surface area contributed by atoms with Gasteiger partial charge in [0.2, 0.25) is 5.95 Å². The minimum atomic E-state index is -0.533. The Labute approximate surface area is 115 Å². The number of anilines is 1. The maximum atomic E-state index is 11.9. The summed E-state index contributed by atoms with van der Waals surface area (Å²) in [5.41, 5.74) is 6.06. The van der Waals surface area contributed by atoms with Crippen molar-refractivity contribution < 1.29 is 9.53 Å². The molecule has 2 N–H and O–H groups in total. The molecule has 0 atom stereocenters. The number of unbranched alkanes of at least 4 members (excludes halogenated alkanes) is 3. The Hall–Kier alpha value is -1.52. The lowest BCUT2D eigenvalue weighted by Gasteiger charge is -2.19. The van der Waals surface area contributed by atoms with Crippen molar-refractivity contribution in [2.24, 2.45) is 0 Å². The highest BCUT2D eigenvalue weighted by Crippen LogP contribution is 2.14. The summed E-state index contributed by atoms with van der Waals surface area (Å²) in [6.45, 7) is 7.65. The molecule has 1 aromatic rings. The first kappa shape index (κ1) is 15.5. The Balaban J connectivity index is 2.61. The van der Waals surface area contributed by atoms with Crippen molar-refractivity contribution >= 4 is 12.0 Å². The van der Waals surface area contributed by atoms with Gasteiger partial charge in [0.1, 0.15) is 5.60 Å². The fourth-order valence-corrected chi connectivity index (χ4v) is 1.76. The van der Waals surface area contributed by atoms with E-state index in [1.807, 2.05) is 20.8 Å². The highest BCUT2D eigenvalue weighted by atomic mass is 16.6. The first-order valence-corrected chi connectivity index (χ1v) is 6.90. The molecule has 0 amide bonds. The summed E-state index contributed by atoms with van der Waals surface area (Å²) in [6.07, 6.45) is 6.72. The van der Waals surface area contributed by atoms with E-state index in [1.165, 1.54) is 23.8 Å². The number of rotatable bonds is 5. The van der Waals surface area contributed by atoms with E-state index in [2.05, 4.69) is 11.9 Å². The zero-order valence-electron chi connectivity index (χ0n) is 12.4. The standard InChI is InChI=1S/C14H25N3O2/c1-5-6-7-8-9-11-10-17(12(15)16-11)13(18)19-14(2,3)4/h10H,5-9H2,1-4H3,(H2,15,16). The lowest BCUT2D eigenvalue weighted by molar-refractivity contribution is 0.0540. The van der Waals surface area contributed by atoms with Crippen LogP contribution in [0.2, 0.25) is 0 Å². The number of hydrogen-bond donors (Lipinski definition) is 1. The number of hydrogen-bond acceptors (Lipinski definition) is 4. The van der Waals surface area contributed by atoms with Crippen LogP contribution in [0.1, 0.15) is 59.1 Å². The monoisotopic (exact) mass is 267 g/mol. The second kappa shape index (κ2) is 6.59. The summed E-state index contributed by atoms with van der Waals surface area (Å²) in [7, 11) is 0. The van der Waals surface area contributed by atoms with Crippen LogP contribution >= 0.6 is 0 Å². The van der Waals surface area contributed by atoms with E-state index in [0.717, 1.165) is 18.5 Å². The molecule has 0 aliphatic rings. The highest BCUT2D eigenvalue weighted by Gasteiger charge is 2.20. The van der Waals surface area contributed by atoms with Gasteiger partial charge in [0.15, 0.2) is 0 Å². The third-order valence-electron chi connectivity index (χ3n) is 2.66. The number of carbonyl (C=O) groups is 1. The first-order valence-electron chi connectivity index (χ1n) is 6.90. The van der Waals surface area contributed by atoms with Crippen LogP contribution in [0.15, 0.2) is 6.20 Å². The molecule has 0 saturated carbocycles. The van der Waals surface area contributed by atoms with E-state index in [-0.39, 0.29) is 5.95 Å². The molecule has 108 valence electrons. The van der Waals surface area contributed by atoms with E-state index >= 15 is 0 Å². The zero-order chi connectivity index (χ0) is 14.5. The van der Waals surface area contributed by atoms with Crippen molar-refractivity contribution in [1.29, 1.82) is 0 Å². The number of aryl methyl sites for hydroxylation is 1. The average molecular weight is 267 g/mol. The number of ether oxygens (including phenoxy) is 1. The van der Waals surface area contributed by atoms with E-state index < -0.39 is 11.7 Å². The van der Waals surface area contributed by atoms with Gasteiger partial charge in [-0.25, -0.2) is 14.3 Å². The third-order valence-corrected chi connectivity index (χ3v) is 2.66. The Morgan fingerprint density at radius 3 is 2.63 bits per heavy atom. The fraction of sp³-hybridized carbons (Fsp3) is 0.714. The molecule has 0 aliphatic carbocycles. The van der Waals surface area contributed by atoms with Crippen LogP contribution in [0.4, 0.5) is 10.7 Å². The van der Waals surface area contributed by atoms with Gasteiger partial charge in [0, 0.05) is 6.20 Å². The Kier molecular flexibility index (Phi) is 5.39. The average Bonchev–Trinajstić information content (AvgIpc) is 2.64. The van der Waals surface area contributed by atoms with Gasteiger partial charge in [-0.1, -0.05) is 26.2 Å². The molecule has 0 fully saturated rings. The minimum absolute atomic E-state index is 0.194. The molecule has 0 bridgehead atoms. The second-order valence-electron chi connectivity index (χ2n) is 5.75. The van der Waals surface area contributed by atoms with Crippen molar-refractivity contribution in [3.05, 3.63) is 11.9 Å². The Bertz CT molecular complexity index is 419. The smallest absolute Gasteiger partial charge is 0.421 e. The highest BCUT2D eigenvalue weighted by molar-refractivity contribution is 5.74. The van der Waals surface area contributed by atoms with E-state index in [4.69, 9.17) is 10.5 Å². The van der Waals surface area contributed by atoms with Gasteiger partial charge in [0.05, 0.1) is 5.69 Å². The van der Waals surface area contributed by atoms with Crippen molar-refractivity contribution in [2.45, 2.75) is 65.4 Å². The van der Waals surface area contributed by atoms with Crippen LogP contribution in [0.3, 0.4) is 0 Å². The van der Waals surface area contributed by atoms with E-state index in [1.54, 1.807) is 6.20 Å². The lowest BCUT2D eigenvalue weighted by Crippen LogP contribution is -2.27. The normalized spacial score (nSPS) is 11.6. The minimum Gasteiger partial charge on any atom is -0.443 e. The summed E-state index contributed by atoms with van der Waals surface area (Å²) in [5.74, 6) is 0.194. The SMILES string of the molecule is CCCCCCc1cn(C(=O)OC(C)(C)C)c(N)n1. The number of imidazole rings is 1. The van der Waals surface area contributed by atoms with Crippen molar-refractivity contribution in [3.63, 3.8) is 0 Å². The quantitative estimate of drug-likeness (QED) is 0.830. The van der Waals surface area contributed by atoms with Crippen molar-refractivity contribution in [2.75, 3.05) is 5.73 Å². The molecule has 0 aromatic carbocycles. The van der Waals surface area contributed by atoms with Gasteiger partial charge < -0.3 is 10.5 Å². The van der Waals surface area contributed by atoms with Crippen LogP contribution in [-0.4, -0.2) is 21.2 Å². The van der Waals surface area contributed by atoms with Gasteiger partial charge in [-0.05, 0) is 33.6 Å². The van der Waals surface area contributed by atoms with Crippen molar-refractivity contribution in [3.8, 4) is 0 Å². The maximum Gasteiger partial charge on any atom is 0.421 e. The molecule has 0 spiro atoms. The van der Waals surface area contributed by atoms with E-state index in [9.17, 15) is 4.79 Å². The first-order chi connectivity index (χ1) is 8.83. The number of aromatic nitrogens is 2. The molecule has 0 radical (unpaired) electrons. The molecule has 0 aliphatic heterocycles. The molecule has 1 rings (SSSR count). The molecule has 5 nitrogen and oxygen atoms in total. The number of nitrogens with zero attached hydrogens (tertiary/aromatic N) is 2. The second-order valence-corrected chi connectivity index (χ2v) is 5.75. The largest absolute Gasteiger partial charge is 0.443 e. The fourth-order valence-electron chi connectivity index (χ4n) is 1.76. The van der Waals surface area contributed by atoms with Crippen LogP contribution < -0.4 is 5.73 Å². The predicted molar refractivity (Wildman–Crippen MR) is 76.1 cm³/mol. The van der Waals surface area contributed by atoms with E-state index in [0.29, 0.717) is 0 Å². The van der Waals surface area contributed by atoms with Gasteiger partial charge in [-0.15, -0.1) is 0 Å². The Morgan fingerprint density at radius 2 is 2.05 bits per heavy atom. The van der Waals surface area contributed by atoms with Crippen LogP contribution in [0.5, 0.6) is 0 Å². The predicted octanol–water partition coefficient (Wildman–Crippen LogP) is 3.37. The van der Waals surface area contributed by atoms with Crippen LogP contribution in [0.25, 0.3) is 0 Å². The number of nitrogens with two attached hydrogens (primary N) is 1. The summed E-state index contributed by atoms with van der Waals surface area (Å²) >= 11 is 0. The zero-order valence-corrected chi connectivity index (χ0v) is 12.4. The molecule has 1 aromatic heterocycles. The number of nitrogen functional groups attached to an aromatic ring is 1. The summed E-state index contributed by atoms with van der Waals surface area (Å²) < 4.78 is 6.54. The summed E-state index contributed by atoms with van der Waals surface area (Å²) in [6, 6.07) is 0. The Morgan fingerprint density at radius 1 is 1.37 bits per heavy atom. The molecule has 0 saturated heterocycles. The van der Waals surface area contributed by atoms with Crippen LogP contribution in [0, 0.1) is 0 Å². The maximum absolute atomic E-state index is 11.9. The summed E-state index contributed by atoms with van der Waals surface area (Å²) in [4.78, 5) is 16.1. The molecular formula is C14H25N3O2. The number of carbonyl (C=O) groups excluding carboxylic acids is 1. The van der Waals surface area contributed by atoms with Gasteiger partial charge >= 0.3 is 6.09 Å². The molecule has 19 heavy (non-hydrogen) atoms. The molecule has 1 heterocycles. The lowest BCUT2D eigenvalue weighted by atomic mass is 10.1. The van der Waals surface area contributed by atoms with Gasteiger partial charge in [0.25, 0.3) is 0 Å². The van der Waals surface area contributed by atoms with Gasteiger partial charge in [-0.2, -0.15) is 0 Å².